The van der Waals surface area contributed by atoms with E-state index in [1.54, 1.807) is 11.1 Å². The van der Waals surface area contributed by atoms with Gasteiger partial charge >= 0.3 is 0 Å². The number of benzene rings is 1. The fourth-order valence-electron chi connectivity index (χ4n) is 3.13. The third kappa shape index (κ3) is 2.68. The van der Waals surface area contributed by atoms with Crippen molar-refractivity contribution in [3.05, 3.63) is 56.8 Å². The predicted octanol–water partition coefficient (Wildman–Crippen LogP) is 4.63. The van der Waals surface area contributed by atoms with Gasteiger partial charge in [-0.1, -0.05) is 25.1 Å². The minimum atomic E-state index is 0.354. The fourth-order valence-corrected chi connectivity index (χ4v) is 4.01. The van der Waals surface area contributed by atoms with E-state index < -0.39 is 0 Å². The van der Waals surface area contributed by atoms with Crippen LogP contribution in [0, 0.1) is 6.92 Å². The lowest BCUT2D eigenvalue weighted by molar-refractivity contribution is 0.597. The molecule has 0 spiro atoms. The van der Waals surface area contributed by atoms with Crippen molar-refractivity contribution in [1.29, 1.82) is 0 Å². The molecule has 1 unspecified atom stereocenters. The molecule has 0 fully saturated rings. The van der Waals surface area contributed by atoms with Crippen LogP contribution < -0.4 is 5.32 Å². The zero-order valence-corrected chi connectivity index (χ0v) is 13.2. The minimum Gasteiger partial charge on any atom is -0.306 e. The number of aryl methyl sites for hydroxylation is 3. The van der Waals surface area contributed by atoms with Crippen molar-refractivity contribution in [2.24, 2.45) is 0 Å². The van der Waals surface area contributed by atoms with Gasteiger partial charge in [0.15, 0.2) is 0 Å². The van der Waals surface area contributed by atoms with Crippen molar-refractivity contribution < 1.29 is 0 Å². The molecule has 1 atom stereocenters. The number of fused-ring (bicyclic) bond motifs is 1. The highest BCUT2D eigenvalue weighted by Crippen LogP contribution is 2.31. The Morgan fingerprint density at radius 3 is 2.80 bits per heavy atom. The van der Waals surface area contributed by atoms with E-state index in [1.807, 2.05) is 11.3 Å². The van der Waals surface area contributed by atoms with Crippen molar-refractivity contribution in [3.8, 4) is 0 Å². The van der Waals surface area contributed by atoms with Gasteiger partial charge in [0.05, 0.1) is 6.04 Å². The zero-order valence-electron chi connectivity index (χ0n) is 12.4. The van der Waals surface area contributed by atoms with Crippen LogP contribution in [-0.4, -0.2) is 6.54 Å². The van der Waals surface area contributed by atoms with Gasteiger partial charge in [0.2, 0.25) is 0 Å². The van der Waals surface area contributed by atoms with Crippen LogP contribution in [0.5, 0.6) is 0 Å². The van der Waals surface area contributed by atoms with E-state index in [9.17, 15) is 0 Å². The Bertz CT molecular complexity index is 585. The molecule has 1 nitrogen and oxygen atoms in total. The molecule has 0 amide bonds. The topological polar surface area (TPSA) is 12.0 Å². The molecule has 0 saturated carbocycles. The molecule has 1 heterocycles. The smallest absolute Gasteiger partial charge is 0.0587 e. The molecule has 1 aromatic heterocycles. The van der Waals surface area contributed by atoms with Crippen LogP contribution in [-0.2, 0) is 12.8 Å². The molecule has 0 bridgehead atoms. The van der Waals surface area contributed by atoms with Gasteiger partial charge in [0, 0.05) is 0 Å². The highest BCUT2D eigenvalue weighted by atomic mass is 32.1. The maximum atomic E-state index is 3.73. The Morgan fingerprint density at radius 1 is 1.20 bits per heavy atom. The molecule has 1 aliphatic rings. The molecule has 1 aromatic carbocycles. The molecule has 2 heteroatoms. The monoisotopic (exact) mass is 285 g/mol. The van der Waals surface area contributed by atoms with E-state index in [-0.39, 0.29) is 0 Å². The van der Waals surface area contributed by atoms with Gasteiger partial charge in [0.1, 0.15) is 0 Å². The second-order valence-electron chi connectivity index (χ2n) is 5.78. The van der Waals surface area contributed by atoms with Crippen molar-refractivity contribution in [3.63, 3.8) is 0 Å². The molecule has 20 heavy (non-hydrogen) atoms. The Hall–Kier alpha value is -1.12. The first kappa shape index (κ1) is 13.8. The maximum Gasteiger partial charge on any atom is 0.0587 e. The first-order valence-electron chi connectivity index (χ1n) is 7.67. The van der Waals surface area contributed by atoms with Crippen LogP contribution in [0.2, 0.25) is 0 Å². The van der Waals surface area contributed by atoms with Gasteiger partial charge in [-0.15, -0.1) is 0 Å². The summed E-state index contributed by atoms with van der Waals surface area (Å²) in [7, 11) is 0. The first-order chi connectivity index (χ1) is 9.79. The highest BCUT2D eigenvalue weighted by molar-refractivity contribution is 7.08. The molecule has 2 aromatic rings. The summed E-state index contributed by atoms with van der Waals surface area (Å²) in [6.07, 6.45) is 5.01. The molecule has 1 aliphatic carbocycles. The second-order valence-corrected chi connectivity index (χ2v) is 6.52. The lowest BCUT2D eigenvalue weighted by Gasteiger charge is -2.20. The molecule has 0 aliphatic heterocycles. The second kappa shape index (κ2) is 6.11. The molecule has 1 N–H and O–H groups in total. The Labute approximate surface area is 126 Å². The summed E-state index contributed by atoms with van der Waals surface area (Å²) in [5.74, 6) is 0. The summed E-state index contributed by atoms with van der Waals surface area (Å²) in [5.41, 5.74) is 7.41. The fraction of sp³-hybridized carbons (Fsp3) is 0.444. The van der Waals surface area contributed by atoms with Crippen LogP contribution in [0.4, 0.5) is 0 Å². The lowest BCUT2D eigenvalue weighted by atomic mass is 9.95. The summed E-state index contributed by atoms with van der Waals surface area (Å²) in [6, 6.07) is 7.47. The van der Waals surface area contributed by atoms with Crippen LogP contribution in [0.15, 0.2) is 29.0 Å². The number of hydrogen-bond acceptors (Lipinski definition) is 2. The van der Waals surface area contributed by atoms with E-state index in [0.717, 1.165) is 6.54 Å². The summed E-state index contributed by atoms with van der Waals surface area (Å²) < 4.78 is 0. The van der Waals surface area contributed by atoms with Gasteiger partial charge in [-0.2, -0.15) is 11.3 Å². The summed E-state index contributed by atoms with van der Waals surface area (Å²) >= 11 is 1.81. The number of thiophene rings is 1. The van der Waals surface area contributed by atoms with Gasteiger partial charge in [0.25, 0.3) is 0 Å². The summed E-state index contributed by atoms with van der Waals surface area (Å²) in [6.45, 7) is 5.52. The molecule has 0 saturated heterocycles. The van der Waals surface area contributed by atoms with Gasteiger partial charge in [-0.25, -0.2) is 0 Å². The van der Waals surface area contributed by atoms with Crippen molar-refractivity contribution in [2.75, 3.05) is 6.54 Å². The summed E-state index contributed by atoms with van der Waals surface area (Å²) in [5, 5.41) is 8.28. The Balaban J connectivity index is 1.94. The van der Waals surface area contributed by atoms with E-state index in [4.69, 9.17) is 0 Å². The SMILES string of the molecule is CCCNC(c1ccc2c(c1)CCC2)c1cscc1C. The third-order valence-electron chi connectivity index (χ3n) is 4.26. The average Bonchev–Trinajstić information content (AvgIpc) is 3.08. The predicted molar refractivity (Wildman–Crippen MR) is 87.7 cm³/mol. The maximum absolute atomic E-state index is 3.73. The molecule has 3 rings (SSSR count). The normalized spacial score (nSPS) is 15.3. The lowest BCUT2D eigenvalue weighted by Crippen LogP contribution is -2.23. The molecular formula is C18H23NS. The van der Waals surface area contributed by atoms with Crippen molar-refractivity contribution in [2.45, 2.75) is 45.6 Å². The van der Waals surface area contributed by atoms with Crippen molar-refractivity contribution >= 4 is 11.3 Å². The van der Waals surface area contributed by atoms with E-state index in [1.165, 1.54) is 42.4 Å². The van der Waals surface area contributed by atoms with Crippen LogP contribution >= 0.6 is 11.3 Å². The molecule has 106 valence electrons. The first-order valence-corrected chi connectivity index (χ1v) is 8.61. The standard InChI is InChI=1S/C18H23NS/c1-3-9-19-18(17-12-20-11-13(17)2)16-8-7-14-5-4-6-15(14)10-16/h7-8,10-12,18-19H,3-6,9H2,1-2H3. The quantitative estimate of drug-likeness (QED) is 0.844. The van der Waals surface area contributed by atoms with E-state index in [0.29, 0.717) is 6.04 Å². The third-order valence-corrected chi connectivity index (χ3v) is 5.14. The highest BCUT2D eigenvalue weighted by Gasteiger charge is 2.19. The summed E-state index contributed by atoms with van der Waals surface area (Å²) in [4.78, 5) is 0. The molecule has 0 radical (unpaired) electrons. The van der Waals surface area contributed by atoms with Crippen LogP contribution in [0.25, 0.3) is 0 Å². The molecular weight excluding hydrogens is 262 g/mol. The van der Waals surface area contributed by atoms with Gasteiger partial charge in [-0.05, 0) is 77.7 Å². The minimum absolute atomic E-state index is 0.354. The van der Waals surface area contributed by atoms with Crippen molar-refractivity contribution in [1.82, 2.24) is 5.32 Å². The average molecular weight is 285 g/mol. The Kier molecular flexibility index (Phi) is 4.23. The Morgan fingerprint density at radius 2 is 2.05 bits per heavy atom. The zero-order chi connectivity index (χ0) is 13.9. The van der Waals surface area contributed by atoms with Gasteiger partial charge in [-0.3, -0.25) is 0 Å². The number of hydrogen-bond donors (Lipinski definition) is 1. The van der Waals surface area contributed by atoms with E-state index in [2.05, 4.69) is 48.1 Å². The van der Waals surface area contributed by atoms with Crippen LogP contribution in [0.3, 0.4) is 0 Å². The van der Waals surface area contributed by atoms with Crippen LogP contribution in [0.1, 0.15) is 53.6 Å². The largest absolute Gasteiger partial charge is 0.306 e. The van der Waals surface area contributed by atoms with E-state index >= 15 is 0 Å². The number of rotatable bonds is 5. The van der Waals surface area contributed by atoms with Gasteiger partial charge < -0.3 is 5.32 Å². The number of nitrogens with one attached hydrogen (secondary N) is 1.